The number of anilines is 1. The van der Waals surface area contributed by atoms with E-state index in [-0.39, 0.29) is 5.91 Å². The summed E-state index contributed by atoms with van der Waals surface area (Å²) in [5, 5.41) is 2.76. The molecule has 2 rings (SSSR count). The highest BCUT2D eigenvalue weighted by atomic mass is 16.5. The Hall–Kier alpha value is -2.33. The minimum absolute atomic E-state index is 0.245. The van der Waals surface area contributed by atoms with Crippen molar-refractivity contribution in [3.05, 3.63) is 54.1 Å². The Balaban J connectivity index is 2.22. The molecule has 0 radical (unpaired) electrons. The van der Waals surface area contributed by atoms with Crippen molar-refractivity contribution in [2.75, 3.05) is 5.32 Å². The lowest BCUT2D eigenvalue weighted by Crippen LogP contribution is -2.32. The fourth-order valence-electron chi connectivity index (χ4n) is 1.71. The molecule has 0 unspecified atom stereocenters. The normalized spacial score (nSPS) is 11.8. The van der Waals surface area contributed by atoms with Crippen LogP contribution in [0.5, 0.6) is 11.5 Å². The molecule has 0 aliphatic heterocycles. The smallest absolute Gasteiger partial charge is 0.241 e. The fraction of sp³-hybridized carbons (Fsp3) is 0.188. The summed E-state index contributed by atoms with van der Waals surface area (Å²) < 4.78 is 5.82. The first-order chi connectivity index (χ1) is 9.56. The van der Waals surface area contributed by atoms with Crippen LogP contribution in [0.25, 0.3) is 0 Å². The van der Waals surface area contributed by atoms with E-state index in [1.165, 1.54) is 0 Å². The summed E-state index contributed by atoms with van der Waals surface area (Å²) >= 11 is 0. The summed E-state index contributed by atoms with van der Waals surface area (Å²) in [6.07, 6.45) is 0. The Morgan fingerprint density at radius 2 is 1.95 bits per heavy atom. The SMILES string of the molecule is Cc1cccc(Oc2ccccc2NC(=O)[C@H](C)N)c1. The monoisotopic (exact) mass is 270 g/mol. The van der Waals surface area contributed by atoms with Crippen molar-refractivity contribution in [1.29, 1.82) is 0 Å². The van der Waals surface area contributed by atoms with Gasteiger partial charge < -0.3 is 15.8 Å². The van der Waals surface area contributed by atoms with E-state index in [2.05, 4.69) is 5.32 Å². The minimum Gasteiger partial charge on any atom is -0.455 e. The maximum absolute atomic E-state index is 11.7. The van der Waals surface area contributed by atoms with E-state index < -0.39 is 6.04 Å². The minimum atomic E-state index is -0.568. The van der Waals surface area contributed by atoms with Crippen LogP contribution in [-0.4, -0.2) is 11.9 Å². The first kappa shape index (κ1) is 14.1. The quantitative estimate of drug-likeness (QED) is 0.897. The molecule has 0 aromatic heterocycles. The lowest BCUT2D eigenvalue weighted by atomic mass is 10.2. The highest BCUT2D eigenvalue weighted by Gasteiger charge is 2.11. The number of hydrogen-bond acceptors (Lipinski definition) is 3. The highest BCUT2D eigenvalue weighted by molar-refractivity contribution is 5.95. The lowest BCUT2D eigenvalue weighted by molar-refractivity contribution is -0.117. The van der Waals surface area contributed by atoms with E-state index in [1.807, 2.05) is 43.3 Å². The molecule has 0 heterocycles. The average Bonchev–Trinajstić information content (AvgIpc) is 2.41. The van der Waals surface area contributed by atoms with Crippen LogP contribution < -0.4 is 15.8 Å². The zero-order chi connectivity index (χ0) is 14.5. The third-order valence-corrected chi connectivity index (χ3v) is 2.78. The second-order valence-corrected chi connectivity index (χ2v) is 4.69. The van der Waals surface area contributed by atoms with Gasteiger partial charge in [-0.15, -0.1) is 0 Å². The summed E-state index contributed by atoms with van der Waals surface area (Å²) in [6.45, 7) is 3.63. The van der Waals surface area contributed by atoms with Gasteiger partial charge in [-0.1, -0.05) is 24.3 Å². The van der Waals surface area contributed by atoms with Gasteiger partial charge in [-0.2, -0.15) is 0 Å². The van der Waals surface area contributed by atoms with Crippen LogP contribution in [-0.2, 0) is 4.79 Å². The molecule has 1 amide bonds. The lowest BCUT2D eigenvalue weighted by Gasteiger charge is -2.13. The molecule has 0 fully saturated rings. The summed E-state index contributed by atoms with van der Waals surface area (Å²) in [5.74, 6) is 1.07. The number of para-hydroxylation sites is 2. The number of benzene rings is 2. The number of carbonyl (C=O) groups is 1. The summed E-state index contributed by atoms with van der Waals surface area (Å²) in [6, 6.07) is 14.4. The maximum Gasteiger partial charge on any atom is 0.241 e. The molecule has 0 saturated carbocycles. The summed E-state index contributed by atoms with van der Waals surface area (Å²) in [4.78, 5) is 11.7. The van der Waals surface area contributed by atoms with Gasteiger partial charge in [-0.3, -0.25) is 4.79 Å². The summed E-state index contributed by atoms with van der Waals surface area (Å²) in [5.41, 5.74) is 7.27. The van der Waals surface area contributed by atoms with Gasteiger partial charge in [0.1, 0.15) is 5.75 Å². The average molecular weight is 270 g/mol. The van der Waals surface area contributed by atoms with Crippen molar-refractivity contribution in [3.63, 3.8) is 0 Å². The van der Waals surface area contributed by atoms with Crippen molar-refractivity contribution in [1.82, 2.24) is 0 Å². The van der Waals surface area contributed by atoms with Crippen LogP contribution in [0.4, 0.5) is 5.69 Å². The van der Waals surface area contributed by atoms with Crippen LogP contribution in [0.2, 0.25) is 0 Å². The Morgan fingerprint density at radius 3 is 2.65 bits per heavy atom. The molecule has 0 aliphatic carbocycles. The molecule has 0 bridgehead atoms. The van der Waals surface area contributed by atoms with E-state index in [0.29, 0.717) is 11.4 Å². The molecule has 2 aromatic rings. The summed E-state index contributed by atoms with van der Waals surface area (Å²) in [7, 11) is 0. The first-order valence-corrected chi connectivity index (χ1v) is 6.46. The topological polar surface area (TPSA) is 64.3 Å². The van der Waals surface area contributed by atoms with Crippen LogP contribution in [0.15, 0.2) is 48.5 Å². The second-order valence-electron chi connectivity index (χ2n) is 4.69. The number of nitrogens with two attached hydrogens (primary N) is 1. The third kappa shape index (κ3) is 3.59. The van der Waals surface area contributed by atoms with E-state index in [1.54, 1.807) is 19.1 Å². The Labute approximate surface area is 118 Å². The van der Waals surface area contributed by atoms with Gasteiger partial charge in [0, 0.05) is 0 Å². The van der Waals surface area contributed by atoms with Crippen molar-refractivity contribution >= 4 is 11.6 Å². The molecular weight excluding hydrogens is 252 g/mol. The largest absolute Gasteiger partial charge is 0.455 e. The number of nitrogens with one attached hydrogen (secondary N) is 1. The first-order valence-electron chi connectivity index (χ1n) is 6.46. The Bertz CT molecular complexity index is 609. The number of rotatable bonds is 4. The van der Waals surface area contributed by atoms with Crippen LogP contribution in [0.3, 0.4) is 0 Å². The van der Waals surface area contributed by atoms with Crippen LogP contribution >= 0.6 is 0 Å². The van der Waals surface area contributed by atoms with Gasteiger partial charge in [-0.05, 0) is 43.7 Å². The molecule has 4 nitrogen and oxygen atoms in total. The maximum atomic E-state index is 11.7. The van der Waals surface area contributed by atoms with Gasteiger partial charge in [0.2, 0.25) is 5.91 Å². The van der Waals surface area contributed by atoms with Gasteiger partial charge in [-0.25, -0.2) is 0 Å². The number of hydrogen-bond donors (Lipinski definition) is 2. The number of amides is 1. The van der Waals surface area contributed by atoms with Gasteiger partial charge in [0.05, 0.1) is 11.7 Å². The fourth-order valence-corrected chi connectivity index (χ4v) is 1.71. The number of aryl methyl sites for hydroxylation is 1. The van der Waals surface area contributed by atoms with Crippen molar-refractivity contribution in [2.24, 2.45) is 5.73 Å². The second kappa shape index (κ2) is 6.21. The van der Waals surface area contributed by atoms with Crippen molar-refractivity contribution in [2.45, 2.75) is 19.9 Å². The molecule has 2 aromatic carbocycles. The number of ether oxygens (including phenoxy) is 1. The number of carbonyl (C=O) groups excluding carboxylic acids is 1. The Morgan fingerprint density at radius 1 is 1.20 bits per heavy atom. The van der Waals surface area contributed by atoms with Crippen molar-refractivity contribution in [3.8, 4) is 11.5 Å². The molecule has 1 atom stereocenters. The van der Waals surface area contributed by atoms with E-state index in [4.69, 9.17) is 10.5 Å². The van der Waals surface area contributed by atoms with Crippen molar-refractivity contribution < 1.29 is 9.53 Å². The predicted molar refractivity (Wildman–Crippen MR) is 80.0 cm³/mol. The van der Waals surface area contributed by atoms with Crippen LogP contribution in [0, 0.1) is 6.92 Å². The van der Waals surface area contributed by atoms with E-state index in [9.17, 15) is 4.79 Å². The molecule has 104 valence electrons. The zero-order valence-corrected chi connectivity index (χ0v) is 11.6. The standard InChI is InChI=1S/C16H18N2O2/c1-11-6-5-7-13(10-11)20-15-9-4-3-8-14(15)18-16(19)12(2)17/h3-10,12H,17H2,1-2H3,(H,18,19)/t12-/m0/s1. The van der Waals surface area contributed by atoms with Crippen LogP contribution in [0.1, 0.15) is 12.5 Å². The molecule has 0 aliphatic rings. The third-order valence-electron chi connectivity index (χ3n) is 2.78. The molecular formula is C16H18N2O2. The molecule has 0 saturated heterocycles. The van der Waals surface area contributed by atoms with Gasteiger partial charge >= 0.3 is 0 Å². The van der Waals surface area contributed by atoms with E-state index >= 15 is 0 Å². The molecule has 0 spiro atoms. The van der Waals surface area contributed by atoms with E-state index in [0.717, 1.165) is 11.3 Å². The van der Waals surface area contributed by atoms with Gasteiger partial charge in [0.15, 0.2) is 5.75 Å². The van der Waals surface area contributed by atoms with Gasteiger partial charge in [0.25, 0.3) is 0 Å². The Kier molecular flexibility index (Phi) is 4.38. The molecule has 3 N–H and O–H groups in total. The molecule has 4 heteroatoms. The predicted octanol–water partition coefficient (Wildman–Crippen LogP) is 3.07. The highest BCUT2D eigenvalue weighted by Crippen LogP contribution is 2.29. The molecule has 20 heavy (non-hydrogen) atoms. The zero-order valence-electron chi connectivity index (χ0n) is 11.6.